The molecule has 0 spiro atoms. The van der Waals surface area contributed by atoms with Crippen molar-refractivity contribution in [2.75, 3.05) is 19.6 Å². The minimum Gasteiger partial charge on any atom is -0.489 e. The highest BCUT2D eigenvalue weighted by molar-refractivity contribution is 6.35. The summed E-state index contributed by atoms with van der Waals surface area (Å²) in [4.78, 5) is 13.5. The number of ether oxygens (including phenoxy) is 1. The number of benzene rings is 2. The number of carbonyl (C=O) groups excluding carboxylic acids is 1. The molecule has 1 heterocycles. The zero-order chi connectivity index (χ0) is 19.1. The normalized spacial score (nSPS) is 14.0. The Balaban J connectivity index is 1.36. The van der Waals surface area contributed by atoms with Gasteiger partial charge in [-0.25, -0.2) is 0 Å². The monoisotopic (exact) mass is 406 g/mol. The Morgan fingerprint density at radius 3 is 2.63 bits per heavy atom. The number of halogens is 2. The molecule has 1 amide bonds. The Kier molecular flexibility index (Phi) is 7.39. The molecule has 0 aromatic heterocycles. The van der Waals surface area contributed by atoms with Gasteiger partial charge in [-0.3, -0.25) is 4.79 Å². The van der Waals surface area contributed by atoms with Crippen LogP contribution in [-0.4, -0.2) is 30.4 Å². The summed E-state index contributed by atoms with van der Waals surface area (Å²) in [5, 5.41) is 4.65. The van der Waals surface area contributed by atoms with E-state index in [1.807, 2.05) is 23.1 Å². The molecule has 1 aliphatic rings. The van der Waals surface area contributed by atoms with Gasteiger partial charge in [0.25, 0.3) is 0 Å². The summed E-state index contributed by atoms with van der Waals surface area (Å²) in [7, 11) is 0. The lowest BCUT2D eigenvalue weighted by Gasteiger charge is -2.15. The van der Waals surface area contributed by atoms with Crippen LogP contribution in [0.2, 0.25) is 10.0 Å². The Labute approximate surface area is 170 Å². The number of likely N-dealkylation sites (tertiary alicyclic amines) is 1. The molecule has 0 aliphatic carbocycles. The summed E-state index contributed by atoms with van der Waals surface area (Å²) < 4.78 is 5.79. The zero-order valence-corrected chi connectivity index (χ0v) is 16.7. The van der Waals surface area contributed by atoms with E-state index in [9.17, 15) is 4.79 Å². The molecule has 1 aliphatic heterocycles. The average molecular weight is 407 g/mol. The fourth-order valence-electron chi connectivity index (χ4n) is 3.07. The molecule has 27 heavy (non-hydrogen) atoms. The summed E-state index contributed by atoms with van der Waals surface area (Å²) in [5.41, 5.74) is 2.10. The molecule has 0 atom stereocenters. The van der Waals surface area contributed by atoms with Crippen LogP contribution in [-0.2, 0) is 17.9 Å². The Bertz CT molecular complexity index is 765. The van der Waals surface area contributed by atoms with Gasteiger partial charge in [-0.05, 0) is 49.2 Å². The number of rotatable bonds is 9. The molecule has 1 N–H and O–H groups in total. The molecular weight excluding hydrogens is 383 g/mol. The molecule has 0 bridgehead atoms. The second-order valence-electron chi connectivity index (χ2n) is 6.68. The van der Waals surface area contributed by atoms with Crippen LogP contribution in [0.3, 0.4) is 0 Å². The molecule has 4 nitrogen and oxygen atoms in total. The van der Waals surface area contributed by atoms with Crippen molar-refractivity contribution in [1.29, 1.82) is 0 Å². The predicted molar refractivity (Wildman–Crippen MR) is 109 cm³/mol. The van der Waals surface area contributed by atoms with E-state index in [0.29, 0.717) is 29.0 Å². The lowest BCUT2D eigenvalue weighted by molar-refractivity contribution is -0.127. The van der Waals surface area contributed by atoms with Gasteiger partial charge in [0.05, 0.1) is 0 Å². The molecule has 0 unspecified atom stereocenters. The highest BCUT2D eigenvalue weighted by Gasteiger charge is 2.18. The highest BCUT2D eigenvalue weighted by atomic mass is 35.5. The molecule has 2 aromatic rings. The Morgan fingerprint density at radius 1 is 1.11 bits per heavy atom. The fourth-order valence-corrected chi connectivity index (χ4v) is 3.53. The van der Waals surface area contributed by atoms with E-state index in [0.717, 1.165) is 50.3 Å². The third-order valence-electron chi connectivity index (χ3n) is 4.61. The average Bonchev–Trinajstić information content (AvgIpc) is 3.07. The minimum atomic E-state index is 0.297. The smallest absolute Gasteiger partial charge is 0.222 e. The summed E-state index contributed by atoms with van der Waals surface area (Å²) in [5.74, 6) is 1.10. The highest BCUT2D eigenvalue weighted by Crippen LogP contribution is 2.23. The van der Waals surface area contributed by atoms with Gasteiger partial charge in [0.2, 0.25) is 5.91 Å². The largest absolute Gasteiger partial charge is 0.489 e. The van der Waals surface area contributed by atoms with Crippen LogP contribution in [0.1, 0.15) is 30.4 Å². The van der Waals surface area contributed by atoms with Crippen LogP contribution in [0, 0.1) is 0 Å². The number of hydrogen-bond donors (Lipinski definition) is 1. The van der Waals surface area contributed by atoms with Gasteiger partial charge in [-0.2, -0.15) is 0 Å². The summed E-state index contributed by atoms with van der Waals surface area (Å²) >= 11 is 12.1. The second kappa shape index (κ2) is 9.98. The Hall–Kier alpha value is -1.75. The van der Waals surface area contributed by atoms with Crippen LogP contribution < -0.4 is 10.1 Å². The summed E-state index contributed by atoms with van der Waals surface area (Å²) in [6.07, 6.45) is 2.70. The molecule has 0 radical (unpaired) electrons. The summed E-state index contributed by atoms with van der Waals surface area (Å²) in [6, 6.07) is 13.4. The number of carbonyl (C=O) groups is 1. The van der Waals surface area contributed by atoms with Crippen LogP contribution in [0.15, 0.2) is 42.5 Å². The SMILES string of the molecule is O=C1CCCN1CCCNCc1ccc(OCc2ccc(Cl)cc2Cl)cc1. The second-order valence-corrected chi connectivity index (χ2v) is 7.53. The fraction of sp³-hybridized carbons (Fsp3) is 0.381. The van der Waals surface area contributed by atoms with Gasteiger partial charge in [-0.1, -0.05) is 41.4 Å². The quantitative estimate of drug-likeness (QED) is 0.614. The van der Waals surface area contributed by atoms with Gasteiger partial charge in [0, 0.05) is 41.7 Å². The molecule has 6 heteroatoms. The van der Waals surface area contributed by atoms with Crippen LogP contribution in [0.4, 0.5) is 0 Å². The van der Waals surface area contributed by atoms with E-state index < -0.39 is 0 Å². The maximum Gasteiger partial charge on any atom is 0.222 e. The lowest BCUT2D eigenvalue weighted by atomic mass is 10.2. The van der Waals surface area contributed by atoms with Gasteiger partial charge in [0.15, 0.2) is 0 Å². The summed E-state index contributed by atoms with van der Waals surface area (Å²) in [6.45, 7) is 3.88. The molecule has 2 aromatic carbocycles. The van der Waals surface area contributed by atoms with Gasteiger partial charge in [-0.15, -0.1) is 0 Å². The maximum absolute atomic E-state index is 11.5. The van der Waals surface area contributed by atoms with E-state index in [1.165, 1.54) is 5.56 Å². The van der Waals surface area contributed by atoms with Gasteiger partial charge in [0.1, 0.15) is 12.4 Å². The zero-order valence-electron chi connectivity index (χ0n) is 15.2. The third kappa shape index (κ3) is 6.13. The van der Waals surface area contributed by atoms with E-state index in [1.54, 1.807) is 12.1 Å². The van der Waals surface area contributed by atoms with Crippen LogP contribution >= 0.6 is 23.2 Å². The van der Waals surface area contributed by atoms with Crippen molar-refractivity contribution in [3.63, 3.8) is 0 Å². The van der Waals surface area contributed by atoms with Crippen molar-refractivity contribution in [2.24, 2.45) is 0 Å². The van der Waals surface area contributed by atoms with E-state index >= 15 is 0 Å². The topological polar surface area (TPSA) is 41.6 Å². The first-order chi connectivity index (χ1) is 13.1. The third-order valence-corrected chi connectivity index (χ3v) is 5.20. The van der Waals surface area contributed by atoms with E-state index in [4.69, 9.17) is 27.9 Å². The van der Waals surface area contributed by atoms with Crippen LogP contribution in [0.5, 0.6) is 5.75 Å². The minimum absolute atomic E-state index is 0.297. The maximum atomic E-state index is 11.5. The molecule has 3 rings (SSSR count). The van der Waals surface area contributed by atoms with Crippen molar-refractivity contribution < 1.29 is 9.53 Å². The van der Waals surface area contributed by atoms with E-state index in [2.05, 4.69) is 17.4 Å². The molecule has 144 valence electrons. The van der Waals surface area contributed by atoms with Crippen LogP contribution in [0.25, 0.3) is 0 Å². The number of nitrogens with one attached hydrogen (secondary N) is 1. The van der Waals surface area contributed by atoms with Crippen molar-refractivity contribution in [2.45, 2.75) is 32.4 Å². The van der Waals surface area contributed by atoms with Gasteiger partial charge >= 0.3 is 0 Å². The molecule has 0 saturated carbocycles. The standard InChI is InChI=1S/C21H24Cl2N2O2/c22-18-7-6-17(20(23)13-18)15-27-19-8-4-16(5-9-19)14-24-10-2-12-25-11-1-3-21(25)26/h4-9,13,24H,1-3,10-12,14-15H2. The van der Waals surface area contributed by atoms with Crippen molar-refractivity contribution in [1.82, 2.24) is 10.2 Å². The number of amides is 1. The van der Waals surface area contributed by atoms with E-state index in [-0.39, 0.29) is 0 Å². The number of nitrogens with zero attached hydrogens (tertiary/aromatic N) is 1. The first-order valence-electron chi connectivity index (χ1n) is 9.26. The molecule has 1 fully saturated rings. The van der Waals surface area contributed by atoms with Crippen molar-refractivity contribution in [3.8, 4) is 5.75 Å². The molecule has 1 saturated heterocycles. The first-order valence-corrected chi connectivity index (χ1v) is 10.0. The van der Waals surface area contributed by atoms with Gasteiger partial charge < -0.3 is 15.0 Å². The number of hydrogen-bond acceptors (Lipinski definition) is 3. The molecular formula is C21H24Cl2N2O2. The predicted octanol–water partition coefficient (Wildman–Crippen LogP) is 4.67. The first kappa shape index (κ1) is 20.0. The van der Waals surface area contributed by atoms with Crippen molar-refractivity contribution in [3.05, 3.63) is 63.6 Å². The Morgan fingerprint density at radius 2 is 1.93 bits per heavy atom. The lowest BCUT2D eigenvalue weighted by Crippen LogP contribution is -2.28. The van der Waals surface area contributed by atoms with Crippen molar-refractivity contribution >= 4 is 29.1 Å².